The first-order valence-corrected chi connectivity index (χ1v) is 5.57. The molecule has 0 aromatic carbocycles. The number of aliphatic carboxylic acids is 1. The summed E-state index contributed by atoms with van der Waals surface area (Å²) in [6.07, 6.45) is 3.29. The molecule has 0 atom stereocenters. The topological polar surface area (TPSA) is 79.3 Å². The smallest absolute Gasteiger partial charge is 0.303 e. The van der Waals surface area contributed by atoms with Crippen molar-refractivity contribution in [1.82, 2.24) is 10.3 Å². The lowest BCUT2D eigenvalue weighted by Gasteiger charge is -2.04. The van der Waals surface area contributed by atoms with Gasteiger partial charge in [-0.1, -0.05) is 6.07 Å². The molecule has 0 bridgehead atoms. The van der Waals surface area contributed by atoms with Gasteiger partial charge in [-0.2, -0.15) is 0 Å². The molecule has 0 unspecified atom stereocenters. The summed E-state index contributed by atoms with van der Waals surface area (Å²) in [4.78, 5) is 25.7. The predicted molar refractivity (Wildman–Crippen MR) is 62.2 cm³/mol. The highest BCUT2D eigenvalue weighted by Crippen LogP contribution is 2.00. The lowest BCUT2D eigenvalue weighted by atomic mass is 10.2. The number of hydrogen-bond donors (Lipinski definition) is 2. The Balaban J connectivity index is 2.11. The average molecular weight is 236 g/mol. The van der Waals surface area contributed by atoms with Crippen LogP contribution in [0.5, 0.6) is 0 Å². The SMILES string of the molecule is O=C(O)CCCCC(=O)NCc1ccccn1. The van der Waals surface area contributed by atoms with E-state index in [-0.39, 0.29) is 12.3 Å². The standard InChI is InChI=1S/C12H16N2O3/c15-11(6-1-2-7-12(16)17)14-9-10-5-3-4-8-13-10/h3-5,8H,1-2,6-7,9H2,(H,14,15)(H,16,17). The van der Waals surface area contributed by atoms with E-state index in [1.807, 2.05) is 18.2 Å². The second-order valence-electron chi connectivity index (χ2n) is 3.70. The quantitative estimate of drug-likeness (QED) is 0.700. The number of carbonyl (C=O) groups is 2. The molecule has 2 N–H and O–H groups in total. The normalized spacial score (nSPS) is 9.88. The molecule has 1 rings (SSSR count). The Morgan fingerprint density at radius 3 is 2.65 bits per heavy atom. The van der Waals surface area contributed by atoms with Crippen LogP contribution in [0.4, 0.5) is 0 Å². The number of carbonyl (C=O) groups excluding carboxylic acids is 1. The molecule has 5 heteroatoms. The third-order valence-electron chi connectivity index (χ3n) is 2.24. The number of amides is 1. The summed E-state index contributed by atoms with van der Waals surface area (Å²) in [5.74, 6) is -0.889. The monoisotopic (exact) mass is 236 g/mol. The van der Waals surface area contributed by atoms with Crippen molar-refractivity contribution in [2.75, 3.05) is 0 Å². The number of aromatic nitrogens is 1. The molecule has 0 aliphatic rings. The van der Waals surface area contributed by atoms with Crippen molar-refractivity contribution in [3.8, 4) is 0 Å². The van der Waals surface area contributed by atoms with Crippen LogP contribution in [0.15, 0.2) is 24.4 Å². The van der Waals surface area contributed by atoms with Gasteiger partial charge >= 0.3 is 5.97 Å². The van der Waals surface area contributed by atoms with Crippen LogP contribution in [0.2, 0.25) is 0 Å². The number of carboxylic acids is 1. The molecule has 92 valence electrons. The summed E-state index contributed by atoms with van der Waals surface area (Å²) in [5, 5.41) is 11.2. The molecule has 1 amide bonds. The van der Waals surface area contributed by atoms with Crippen molar-refractivity contribution in [1.29, 1.82) is 0 Å². The van der Waals surface area contributed by atoms with Gasteiger partial charge in [0.25, 0.3) is 0 Å². The zero-order valence-electron chi connectivity index (χ0n) is 9.56. The lowest BCUT2D eigenvalue weighted by Crippen LogP contribution is -2.22. The molecule has 1 heterocycles. The van der Waals surface area contributed by atoms with Gasteiger partial charge in [-0.3, -0.25) is 14.6 Å². The zero-order valence-corrected chi connectivity index (χ0v) is 9.56. The Kier molecular flexibility index (Phi) is 5.71. The Morgan fingerprint density at radius 2 is 2.00 bits per heavy atom. The molecule has 1 aromatic rings. The van der Waals surface area contributed by atoms with E-state index in [1.165, 1.54) is 0 Å². The number of unbranched alkanes of at least 4 members (excludes halogenated alkanes) is 1. The molecule has 0 spiro atoms. The van der Waals surface area contributed by atoms with E-state index >= 15 is 0 Å². The van der Waals surface area contributed by atoms with E-state index in [9.17, 15) is 9.59 Å². The van der Waals surface area contributed by atoms with Gasteiger partial charge in [-0.25, -0.2) is 0 Å². The van der Waals surface area contributed by atoms with Crippen LogP contribution < -0.4 is 5.32 Å². The van der Waals surface area contributed by atoms with Gasteiger partial charge in [0.1, 0.15) is 0 Å². The van der Waals surface area contributed by atoms with Crippen molar-refractivity contribution < 1.29 is 14.7 Å². The van der Waals surface area contributed by atoms with Crippen molar-refractivity contribution in [3.05, 3.63) is 30.1 Å². The number of carboxylic acid groups (broad SMARTS) is 1. The molecule has 0 radical (unpaired) electrons. The first kappa shape index (κ1) is 13.2. The number of rotatable bonds is 7. The van der Waals surface area contributed by atoms with E-state index in [4.69, 9.17) is 5.11 Å². The third kappa shape index (κ3) is 6.29. The molecule has 0 fully saturated rings. The molecular weight excluding hydrogens is 220 g/mol. The Bertz CT molecular complexity index is 365. The van der Waals surface area contributed by atoms with E-state index < -0.39 is 5.97 Å². The highest BCUT2D eigenvalue weighted by atomic mass is 16.4. The van der Waals surface area contributed by atoms with Crippen LogP contribution in [0.25, 0.3) is 0 Å². The fraction of sp³-hybridized carbons (Fsp3) is 0.417. The van der Waals surface area contributed by atoms with Crippen LogP contribution in [0.1, 0.15) is 31.4 Å². The predicted octanol–water partition coefficient (Wildman–Crippen LogP) is 1.34. The zero-order chi connectivity index (χ0) is 12.5. The summed E-state index contributed by atoms with van der Waals surface area (Å²) in [6, 6.07) is 5.52. The van der Waals surface area contributed by atoms with Gasteiger partial charge in [0, 0.05) is 19.0 Å². The van der Waals surface area contributed by atoms with E-state index in [0.717, 1.165) is 5.69 Å². The summed E-state index contributed by atoms with van der Waals surface area (Å²) in [7, 11) is 0. The molecular formula is C12H16N2O3. The van der Waals surface area contributed by atoms with Crippen molar-refractivity contribution in [3.63, 3.8) is 0 Å². The number of nitrogens with zero attached hydrogens (tertiary/aromatic N) is 1. The van der Waals surface area contributed by atoms with Crippen LogP contribution in [0.3, 0.4) is 0 Å². The fourth-order valence-corrected chi connectivity index (χ4v) is 1.34. The van der Waals surface area contributed by atoms with Crippen molar-refractivity contribution >= 4 is 11.9 Å². The van der Waals surface area contributed by atoms with Crippen LogP contribution in [-0.4, -0.2) is 22.0 Å². The second kappa shape index (κ2) is 7.38. The van der Waals surface area contributed by atoms with Gasteiger partial charge < -0.3 is 10.4 Å². The van der Waals surface area contributed by atoms with Crippen LogP contribution in [0, 0.1) is 0 Å². The van der Waals surface area contributed by atoms with Gasteiger partial charge in [-0.05, 0) is 25.0 Å². The summed E-state index contributed by atoms with van der Waals surface area (Å²) < 4.78 is 0. The molecule has 0 saturated heterocycles. The Morgan fingerprint density at radius 1 is 1.24 bits per heavy atom. The lowest BCUT2D eigenvalue weighted by molar-refractivity contribution is -0.137. The van der Waals surface area contributed by atoms with Crippen molar-refractivity contribution in [2.45, 2.75) is 32.2 Å². The van der Waals surface area contributed by atoms with E-state index in [2.05, 4.69) is 10.3 Å². The maximum Gasteiger partial charge on any atom is 0.303 e. The highest BCUT2D eigenvalue weighted by Gasteiger charge is 2.03. The Labute approximate surface area is 99.9 Å². The largest absolute Gasteiger partial charge is 0.481 e. The van der Waals surface area contributed by atoms with Gasteiger partial charge in [0.05, 0.1) is 12.2 Å². The number of hydrogen-bond acceptors (Lipinski definition) is 3. The van der Waals surface area contributed by atoms with Crippen LogP contribution in [-0.2, 0) is 16.1 Å². The second-order valence-corrected chi connectivity index (χ2v) is 3.70. The van der Waals surface area contributed by atoms with E-state index in [0.29, 0.717) is 25.8 Å². The molecule has 0 aliphatic heterocycles. The van der Waals surface area contributed by atoms with Gasteiger partial charge in [0.15, 0.2) is 0 Å². The summed E-state index contributed by atoms with van der Waals surface area (Å²) in [5.41, 5.74) is 0.811. The van der Waals surface area contributed by atoms with Gasteiger partial charge in [-0.15, -0.1) is 0 Å². The molecule has 0 saturated carbocycles. The maximum absolute atomic E-state index is 11.4. The summed E-state index contributed by atoms with van der Waals surface area (Å²) in [6.45, 7) is 0.415. The fourth-order valence-electron chi connectivity index (χ4n) is 1.34. The minimum absolute atomic E-state index is 0.0685. The average Bonchev–Trinajstić information content (AvgIpc) is 2.33. The van der Waals surface area contributed by atoms with Gasteiger partial charge in [0.2, 0.25) is 5.91 Å². The number of pyridine rings is 1. The molecule has 1 aromatic heterocycles. The molecule has 0 aliphatic carbocycles. The van der Waals surface area contributed by atoms with E-state index in [1.54, 1.807) is 6.20 Å². The third-order valence-corrected chi connectivity index (χ3v) is 2.24. The number of nitrogens with one attached hydrogen (secondary N) is 1. The van der Waals surface area contributed by atoms with Crippen molar-refractivity contribution in [2.24, 2.45) is 0 Å². The summed E-state index contributed by atoms with van der Waals surface area (Å²) >= 11 is 0. The minimum Gasteiger partial charge on any atom is -0.481 e. The minimum atomic E-state index is -0.820. The van der Waals surface area contributed by atoms with Crippen LogP contribution >= 0.6 is 0 Å². The molecule has 17 heavy (non-hydrogen) atoms. The molecule has 5 nitrogen and oxygen atoms in total. The highest BCUT2D eigenvalue weighted by molar-refractivity contribution is 5.75. The first-order chi connectivity index (χ1) is 8.18. The maximum atomic E-state index is 11.4. The Hall–Kier alpha value is -1.91. The first-order valence-electron chi connectivity index (χ1n) is 5.57.